The summed E-state index contributed by atoms with van der Waals surface area (Å²) in [6, 6.07) is -0.215. The molecule has 0 aliphatic carbocycles. The van der Waals surface area contributed by atoms with Gasteiger partial charge in [-0.25, -0.2) is 8.78 Å². The Bertz CT molecular complexity index is 440. The third-order valence-electron chi connectivity index (χ3n) is 2.04. The maximum absolute atomic E-state index is 12.9. The summed E-state index contributed by atoms with van der Waals surface area (Å²) >= 11 is 0. The Morgan fingerprint density at radius 1 is 0.765 bits per heavy atom. The summed E-state index contributed by atoms with van der Waals surface area (Å²) in [7, 11) is 0. The summed E-state index contributed by atoms with van der Waals surface area (Å²) in [6.45, 7) is 0.507. The highest BCUT2D eigenvalue weighted by atomic mass is 19.4. The smallest absolute Gasteiger partial charge is 0.207 e. The standard InChI is InChI=1S/C9H4F8/c1-3-4(10)2-5(11)7(9(15,16)17)6(3)8(12,13)14/h2H,1H3. The van der Waals surface area contributed by atoms with Gasteiger partial charge in [-0.1, -0.05) is 0 Å². The van der Waals surface area contributed by atoms with Gasteiger partial charge in [-0.2, -0.15) is 26.3 Å². The lowest BCUT2D eigenvalue weighted by molar-refractivity contribution is -0.164. The molecule has 1 aromatic carbocycles. The fourth-order valence-corrected chi connectivity index (χ4v) is 1.35. The molecule has 0 aliphatic heterocycles. The second kappa shape index (κ2) is 3.85. The number of alkyl halides is 6. The first kappa shape index (κ1) is 13.7. The minimum absolute atomic E-state index is 0.215. The van der Waals surface area contributed by atoms with Gasteiger partial charge in [-0.05, 0) is 12.5 Å². The zero-order chi connectivity index (χ0) is 13.6. The van der Waals surface area contributed by atoms with Crippen LogP contribution in [0.15, 0.2) is 6.07 Å². The molecule has 0 nitrogen and oxygen atoms in total. The molecule has 17 heavy (non-hydrogen) atoms. The van der Waals surface area contributed by atoms with Gasteiger partial charge >= 0.3 is 12.4 Å². The molecule has 96 valence electrons. The molecule has 8 heteroatoms. The van der Waals surface area contributed by atoms with Crippen molar-refractivity contribution in [1.82, 2.24) is 0 Å². The predicted molar refractivity (Wildman–Crippen MR) is 41.1 cm³/mol. The number of hydrogen-bond acceptors (Lipinski definition) is 0. The van der Waals surface area contributed by atoms with Gasteiger partial charge in [0.05, 0.1) is 5.56 Å². The molecule has 0 saturated heterocycles. The Hall–Kier alpha value is -1.34. The van der Waals surface area contributed by atoms with Crippen LogP contribution in [0.2, 0.25) is 0 Å². The van der Waals surface area contributed by atoms with Gasteiger partial charge in [0.25, 0.3) is 0 Å². The highest BCUT2D eigenvalue weighted by Gasteiger charge is 2.47. The van der Waals surface area contributed by atoms with Crippen LogP contribution in [0.3, 0.4) is 0 Å². The molecule has 0 heterocycles. The fourth-order valence-electron chi connectivity index (χ4n) is 1.35. The molecule has 0 aromatic heterocycles. The van der Waals surface area contributed by atoms with E-state index >= 15 is 0 Å². The van der Waals surface area contributed by atoms with E-state index in [1.165, 1.54) is 0 Å². The molecule has 0 amide bonds. The van der Waals surface area contributed by atoms with Crippen LogP contribution >= 0.6 is 0 Å². The van der Waals surface area contributed by atoms with E-state index in [1.807, 2.05) is 0 Å². The van der Waals surface area contributed by atoms with E-state index in [-0.39, 0.29) is 6.07 Å². The molecule has 0 bridgehead atoms. The van der Waals surface area contributed by atoms with Gasteiger partial charge in [0, 0.05) is 6.07 Å². The first-order chi connectivity index (χ1) is 7.46. The van der Waals surface area contributed by atoms with Crippen LogP contribution in [-0.4, -0.2) is 0 Å². The zero-order valence-corrected chi connectivity index (χ0v) is 8.10. The summed E-state index contributed by atoms with van der Waals surface area (Å²) in [4.78, 5) is 0. The maximum atomic E-state index is 12.9. The largest absolute Gasteiger partial charge is 0.419 e. The average Bonchev–Trinajstić information content (AvgIpc) is 2.06. The van der Waals surface area contributed by atoms with E-state index in [0.29, 0.717) is 6.92 Å². The third kappa shape index (κ3) is 2.50. The molecule has 0 saturated carbocycles. The van der Waals surface area contributed by atoms with Crippen molar-refractivity contribution in [2.45, 2.75) is 19.3 Å². The highest BCUT2D eigenvalue weighted by Crippen LogP contribution is 2.43. The van der Waals surface area contributed by atoms with E-state index in [9.17, 15) is 35.1 Å². The first-order valence-corrected chi connectivity index (χ1v) is 4.09. The summed E-state index contributed by atoms with van der Waals surface area (Å²) in [5, 5.41) is 0. The van der Waals surface area contributed by atoms with Crippen LogP contribution < -0.4 is 0 Å². The maximum Gasteiger partial charge on any atom is 0.419 e. The van der Waals surface area contributed by atoms with Crippen molar-refractivity contribution in [1.29, 1.82) is 0 Å². The molecule has 1 rings (SSSR count). The van der Waals surface area contributed by atoms with E-state index < -0.39 is 40.7 Å². The molecule has 0 spiro atoms. The molecule has 0 fully saturated rings. The molecule has 0 atom stereocenters. The zero-order valence-electron chi connectivity index (χ0n) is 8.10. The van der Waals surface area contributed by atoms with Gasteiger partial charge < -0.3 is 0 Å². The number of halogens is 8. The van der Waals surface area contributed by atoms with Crippen molar-refractivity contribution < 1.29 is 35.1 Å². The van der Waals surface area contributed by atoms with E-state index in [4.69, 9.17) is 0 Å². The van der Waals surface area contributed by atoms with Crippen molar-refractivity contribution in [3.8, 4) is 0 Å². The van der Waals surface area contributed by atoms with Crippen molar-refractivity contribution in [3.05, 3.63) is 34.4 Å². The van der Waals surface area contributed by atoms with Crippen LogP contribution in [0, 0.1) is 18.6 Å². The van der Waals surface area contributed by atoms with Gasteiger partial charge in [-0.3, -0.25) is 0 Å². The molecular formula is C9H4F8. The van der Waals surface area contributed by atoms with Gasteiger partial charge in [0.15, 0.2) is 0 Å². The lowest BCUT2D eigenvalue weighted by Crippen LogP contribution is -2.21. The minimum Gasteiger partial charge on any atom is -0.207 e. The fraction of sp³-hybridized carbons (Fsp3) is 0.333. The summed E-state index contributed by atoms with van der Waals surface area (Å²) < 4.78 is 99.7. The second-order valence-corrected chi connectivity index (χ2v) is 3.21. The van der Waals surface area contributed by atoms with Crippen LogP contribution in [0.1, 0.15) is 16.7 Å². The van der Waals surface area contributed by atoms with Crippen LogP contribution in [0.25, 0.3) is 0 Å². The Morgan fingerprint density at radius 2 is 1.18 bits per heavy atom. The third-order valence-corrected chi connectivity index (χ3v) is 2.04. The Morgan fingerprint density at radius 3 is 1.53 bits per heavy atom. The van der Waals surface area contributed by atoms with E-state index in [1.54, 1.807) is 0 Å². The molecule has 0 radical (unpaired) electrons. The minimum atomic E-state index is -5.55. The van der Waals surface area contributed by atoms with Crippen molar-refractivity contribution >= 4 is 0 Å². The lowest BCUT2D eigenvalue weighted by Gasteiger charge is -2.18. The van der Waals surface area contributed by atoms with E-state index in [0.717, 1.165) is 0 Å². The van der Waals surface area contributed by atoms with Gasteiger partial charge in [-0.15, -0.1) is 0 Å². The predicted octanol–water partition coefficient (Wildman–Crippen LogP) is 4.31. The molecule has 0 aliphatic rings. The number of rotatable bonds is 0. The Kier molecular flexibility index (Phi) is 3.11. The lowest BCUT2D eigenvalue weighted by atomic mass is 9.99. The Labute approximate surface area is 89.9 Å². The molecule has 0 N–H and O–H groups in total. The normalized spacial score (nSPS) is 13.0. The SMILES string of the molecule is Cc1c(F)cc(F)c(C(F)(F)F)c1C(F)(F)F. The van der Waals surface area contributed by atoms with Crippen molar-refractivity contribution in [2.75, 3.05) is 0 Å². The van der Waals surface area contributed by atoms with Crippen molar-refractivity contribution in [2.24, 2.45) is 0 Å². The quantitative estimate of drug-likeness (QED) is 0.612. The van der Waals surface area contributed by atoms with E-state index in [2.05, 4.69) is 0 Å². The van der Waals surface area contributed by atoms with Crippen LogP contribution in [0.4, 0.5) is 35.1 Å². The second-order valence-electron chi connectivity index (χ2n) is 3.21. The first-order valence-electron chi connectivity index (χ1n) is 4.09. The highest BCUT2D eigenvalue weighted by molar-refractivity contribution is 5.40. The summed E-state index contributed by atoms with van der Waals surface area (Å²) in [5.74, 6) is -3.96. The van der Waals surface area contributed by atoms with Crippen molar-refractivity contribution in [3.63, 3.8) is 0 Å². The summed E-state index contributed by atoms with van der Waals surface area (Å²) in [5.41, 5.74) is -6.11. The number of hydrogen-bond donors (Lipinski definition) is 0. The topological polar surface area (TPSA) is 0 Å². The Balaban J connectivity index is 3.76. The monoisotopic (exact) mass is 264 g/mol. The van der Waals surface area contributed by atoms with Crippen LogP contribution in [0.5, 0.6) is 0 Å². The van der Waals surface area contributed by atoms with Gasteiger partial charge in [0.1, 0.15) is 17.2 Å². The molecular weight excluding hydrogens is 260 g/mol. The molecule has 1 aromatic rings. The molecule has 0 unspecified atom stereocenters. The average molecular weight is 264 g/mol. The van der Waals surface area contributed by atoms with Gasteiger partial charge in [0.2, 0.25) is 0 Å². The van der Waals surface area contributed by atoms with Crippen LogP contribution in [-0.2, 0) is 12.4 Å². The number of benzene rings is 1. The summed E-state index contributed by atoms with van der Waals surface area (Å²) in [6.07, 6.45) is -11.0.